The Balaban J connectivity index is 2.33. The van der Waals surface area contributed by atoms with E-state index in [2.05, 4.69) is 5.10 Å². The summed E-state index contributed by atoms with van der Waals surface area (Å²) in [6.45, 7) is 0. The van der Waals surface area contributed by atoms with E-state index in [1.165, 1.54) is 6.07 Å². The van der Waals surface area contributed by atoms with Gasteiger partial charge >= 0.3 is 0 Å². The number of rotatable bonds is 2. The van der Waals surface area contributed by atoms with Crippen LogP contribution in [0.5, 0.6) is 0 Å². The quantitative estimate of drug-likeness (QED) is 0.842. The van der Waals surface area contributed by atoms with E-state index >= 15 is 0 Å². The zero-order valence-electron chi connectivity index (χ0n) is 8.69. The molecule has 0 fully saturated rings. The maximum absolute atomic E-state index is 13.0. The highest BCUT2D eigenvalue weighted by molar-refractivity contribution is 5.29. The molecular formula is C11H11F2N3. The Labute approximate surface area is 91.5 Å². The van der Waals surface area contributed by atoms with Crippen molar-refractivity contribution < 1.29 is 8.78 Å². The van der Waals surface area contributed by atoms with Crippen molar-refractivity contribution in [3.63, 3.8) is 0 Å². The largest absolute Gasteiger partial charge is 0.320 e. The van der Waals surface area contributed by atoms with E-state index in [0.29, 0.717) is 5.56 Å². The maximum Gasteiger partial charge on any atom is 0.159 e. The van der Waals surface area contributed by atoms with Gasteiger partial charge in [-0.15, -0.1) is 0 Å². The van der Waals surface area contributed by atoms with Crippen LogP contribution >= 0.6 is 0 Å². The molecule has 2 aromatic rings. The molecule has 0 aliphatic carbocycles. The summed E-state index contributed by atoms with van der Waals surface area (Å²) in [7, 11) is 1.77. The van der Waals surface area contributed by atoms with E-state index in [0.717, 1.165) is 17.7 Å². The minimum Gasteiger partial charge on any atom is -0.320 e. The first-order chi connectivity index (χ1) is 7.58. The van der Waals surface area contributed by atoms with Gasteiger partial charge in [0.25, 0.3) is 0 Å². The van der Waals surface area contributed by atoms with Crippen molar-refractivity contribution in [3.8, 4) is 0 Å². The van der Waals surface area contributed by atoms with Gasteiger partial charge in [-0.2, -0.15) is 5.10 Å². The number of nitrogens with zero attached hydrogens (tertiary/aromatic N) is 2. The summed E-state index contributed by atoms with van der Waals surface area (Å²) >= 11 is 0. The predicted molar refractivity (Wildman–Crippen MR) is 55.6 cm³/mol. The number of hydrogen-bond donors (Lipinski definition) is 1. The van der Waals surface area contributed by atoms with Gasteiger partial charge in [-0.3, -0.25) is 4.68 Å². The number of benzene rings is 1. The number of aromatic nitrogens is 2. The predicted octanol–water partition coefficient (Wildman–Crippen LogP) is 1.75. The maximum atomic E-state index is 13.0. The fourth-order valence-electron chi connectivity index (χ4n) is 1.50. The molecule has 0 saturated heterocycles. The van der Waals surface area contributed by atoms with Crippen LogP contribution in [-0.4, -0.2) is 9.78 Å². The molecule has 1 unspecified atom stereocenters. The first-order valence-corrected chi connectivity index (χ1v) is 4.77. The Morgan fingerprint density at radius 3 is 2.56 bits per heavy atom. The molecule has 0 aliphatic rings. The van der Waals surface area contributed by atoms with Crippen LogP contribution < -0.4 is 5.73 Å². The standard InChI is InChI=1S/C11H11F2N3/c1-16-6-8(5-15-16)11(14)7-2-3-9(12)10(13)4-7/h2-6,11H,14H2,1H3. The third-order valence-electron chi connectivity index (χ3n) is 2.39. The third-order valence-corrected chi connectivity index (χ3v) is 2.39. The Kier molecular flexibility index (Phi) is 2.70. The Morgan fingerprint density at radius 1 is 1.25 bits per heavy atom. The van der Waals surface area contributed by atoms with Crippen LogP contribution in [0.2, 0.25) is 0 Å². The van der Waals surface area contributed by atoms with E-state index in [1.807, 2.05) is 0 Å². The lowest BCUT2D eigenvalue weighted by Gasteiger charge is -2.09. The van der Waals surface area contributed by atoms with Crippen molar-refractivity contribution in [2.24, 2.45) is 12.8 Å². The molecule has 3 nitrogen and oxygen atoms in total. The highest BCUT2D eigenvalue weighted by Crippen LogP contribution is 2.20. The topological polar surface area (TPSA) is 43.8 Å². The van der Waals surface area contributed by atoms with Gasteiger partial charge in [0.15, 0.2) is 11.6 Å². The summed E-state index contributed by atoms with van der Waals surface area (Å²) in [4.78, 5) is 0. The molecule has 2 N–H and O–H groups in total. The molecule has 16 heavy (non-hydrogen) atoms. The molecule has 0 amide bonds. The second-order valence-corrected chi connectivity index (χ2v) is 3.60. The average Bonchev–Trinajstić information content (AvgIpc) is 2.68. The van der Waals surface area contributed by atoms with Crippen LogP contribution in [0, 0.1) is 11.6 Å². The van der Waals surface area contributed by atoms with Crippen LogP contribution in [0.25, 0.3) is 0 Å². The van der Waals surface area contributed by atoms with Crippen LogP contribution in [0.15, 0.2) is 30.6 Å². The van der Waals surface area contributed by atoms with Gasteiger partial charge in [-0.1, -0.05) is 6.07 Å². The second-order valence-electron chi connectivity index (χ2n) is 3.60. The van der Waals surface area contributed by atoms with Crippen LogP contribution in [0.1, 0.15) is 17.2 Å². The molecule has 0 bridgehead atoms. The summed E-state index contributed by atoms with van der Waals surface area (Å²) in [5, 5.41) is 3.97. The van der Waals surface area contributed by atoms with Gasteiger partial charge in [0, 0.05) is 18.8 Å². The van der Waals surface area contributed by atoms with E-state index < -0.39 is 17.7 Å². The van der Waals surface area contributed by atoms with Gasteiger partial charge in [-0.05, 0) is 17.7 Å². The fourth-order valence-corrected chi connectivity index (χ4v) is 1.50. The van der Waals surface area contributed by atoms with Crippen molar-refractivity contribution >= 4 is 0 Å². The Hall–Kier alpha value is -1.75. The molecule has 0 spiro atoms. The lowest BCUT2D eigenvalue weighted by Crippen LogP contribution is -2.11. The van der Waals surface area contributed by atoms with Crippen LogP contribution in [-0.2, 0) is 7.05 Å². The van der Waals surface area contributed by atoms with Gasteiger partial charge in [-0.25, -0.2) is 8.78 Å². The van der Waals surface area contributed by atoms with Gasteiger partial charge in [0.05, 0.1) is 12.2 Å². The molecular weight excluding hydrogens is 212 g/mol. The van der Waals surface area contributed by atoms with E-state index in [1.54, 1.807) is 24.1 Å². The summed E-state index contributed by atoms with van der Waals surface area (Å²) in [6, 6.07) is 3.15. The molecule has 2 rings (SSSR count). The molecule has 5 heteroatoms. The van der Waals surface area contributed by atoms with Crippen molar-refractivity contribution in [1.29, 1.82) is 0 Å². The van der Waals surface area contributed by atoms with Crippen LogP contribution in [0.4, 0.5) is 8.78 Å². The van der Waals surface area contributed by atoms with E-state index in [9.17, 15) is 8.78 Å². The van der Waals surface area contributed by atoms with Crippen LogP contribution in [0.3, 0.4) is 0 Å². The molecule has 1 heterocycles. The molecule has 84 valence electrons. The lowest BCUT2D eigenvalue weighted by atomic mass is 10.0. The minimum atomic E-state index is -0.892. The Bertz CT molecular complexity index is 508. The lowest BCUT2D eigenvalue weighted by molar-refractivity contribution is 0.506. The minimum absolute atomic E-state index is 0.496. The fraction of sp³-hybridized carbons (Fsp3) is 0.182. The molecule has 0 saturated carbocycles. The zero-order chi connectivity index (χ0) is 11.7. The van der Waals surface area contributed by atoms with Crippen molar-refractivity contribution in [3.05, 3.63) is 53.4 Å². The molecule has 1 atom stereocenters. The number of aryl methyl sites for hydroxylation is 1. The second kappa shape index (κ2) is 4.02. The highest BCUT2D eigenvalue weighted by Gasteiger charge is 2.12. The summed E-state index contributed by atoms with van der Waals surface area (Å²) in [5.41, 5.74) is 7.18. The van der Waals surface area contributed by atoms with Crippen molar-refractivity contribution in [2.75, 3.05) is 0 Å². The highest BCUT2D eigenvalue weighted by atomic mass is 19.2. The van der Waals surface area contributed by atoms with Crippen molar-refractivity contribution in [1.82, 2.24) is 9.78 Å². The number of hydrogen-bond acceptors (Lipinski definition) is 2. The summed E-state index contributed by atoms with van der Waals surface area (Å²) in [5.74, 6) is -1.76. The van der Waals surface area contributed by atoms with Crippen molar-refractivity contribution in [2.45, 2.75) is 6.04 Å². The molecule has 1 aromatic heterocycles. The van der Waals surface area contributed by atoms with E-state index in [-0.39, 0.29) is 0 Å². The molecule has 0 aliphatic heterocycles. The number of nitrogens with two attached hydrogens (primary N) is 1. The summed E-state index contributed by atoms with van der Waals surface area (Å²) in [6.07, 6.45) is 3.35. The molecule has 1 aromatic carbocycles. The molecule has 0 radical (unpaired) electrons. The van der Waals surface area contributed by atoms with E-state index in [4.69, 9.17) is 5.73 Å². The third kappa shape index (κ3) is 1.94. The smallest absolute Gasteiger partial charge is 0.159 e. The first-order valence-electron chi connectivity index (χ1n) is 4.77. The van der Waals surface area contributed by atoms with Gasteiger partial charge in [0.2, 0.25) is 0 Å². The average molecular weight is 223 g/mol. The Morgan fingerprint density at radius 2 is 2.00 bits per heavy atom. The normalized spacial score (nSPS) is 12.8. The zero-order valence-corrected chi connectivity index (χ0v) is 8.69. The van der Waals surface area contributed by atoms with Gasteiger partial charge < -0.3 is 5.73 Å². The first kappa shape index (κ1) is 10.8. The summed E-state index contributed by atoms with van der Waals surface area (Å²) < 4.78 is 27.4. The SMILES string of the molecule is Cn1cc(C(N)c2ccc(F)c(F)c2)cn1. The monoisotopic (exact) mass is 223 g/mol. The number of halogens is 2. The van der Waals surface area contributed by atoms with Gasteiger partial charge in [0.1, 0.15) is 0 Å².